The Labute approximate surface area is 110 Å². The zero-order valence-electron chi connectivity index (χ0n) is 10.9. The predicted octanol–water partition coefficient (Wildman–Crippen LogP) is 4.69. The molecule has 19 heavy (non-hydrogen) atoms. The summed E-state index contributed by atoms with van der Waals surface area (Å²) in [7, 11) is 0. The first kappa shape index (κ1) is 14.2. The molecule has 1 saturated carbocycles. The second-order valence-electron chi connectivity index (χ2n) is 5.36. The molecule has 0 aliphatic heterocycles. The van der Waals surface area contributed by atoms with E-state index in [-0.39, 0.29) is 11.7 Å². The Morgan fingerprint density at radius 2 is 1.84 bits per heavy atom. The minimum atomic E-state index is -4.51. The van der Waals surface area contributed by atoms with E-state index in [9.17, 15) is 17.6 Å². The van der Waals surface area contributed by atoms with Gasteiger partial charge in [0.15, 0.2) is 0 Å². The summed E-state index contributed by atoms with van der Waals surface area (Å²) < 4.78 is 51.0. The van der Waals surface area contributed by atoms with Gasteiger partial charge in [0.1, 0.15) is 5.82 Å². The average molecular weight is 275 g/mol. The van der Waals surface area contributed by atoms with Crippen molar-refractivity contribution in [2.24, 2.45) is 11.8 Å². The van der Waals surface area contributed by atoms with Crippen LogP contribution in [0.15, 0.2) is 18.2 Å². The van der Waals surface area contributed by atoms with Crippen LogP contribution in [0.2, 0.25) is 0 Å². The van der Waals surface area contributed by atoms with Crippen molar-refractivity contribution in [3.05, 3.63) is 29.6 Å². The van der Waals surface area contributed by atoms with E-state index in [4.69, 9.17) is 0 Å². The molecular weight excluding hydrogens is 258 g/mol. The van der Waals surface area contributed by atoms with Crippen molar-refractivity contribution < 1.29 is 17.6 Å². The van der Waals surface area contributed by atoms with Gasteiger partial charge in [0.05, 0.1) is 11.3 Å². The minimum Gasteiger partial charge on any atom is -0.380 e. The van der Waals surface area contributed by atoms with Crippen LogP contribution in [0, 0.1) is 17.7 Å². The summed E-state index contributed by atoms with van der Waals surface area (Å²) in [6.07, 6.45) is -2.53. The van der Waals surface area contributed by atoms with E-state index in [1.165, 1.54) is 6.07 Å². The molecule has 0 radical (unpaired) electrons. The Hall–Kier alpha value is -1.26. The average Bonchev–Trinajstić information content (AvgIpc) is 2.62. The van der Waals surface area contributed by atoms with Gasteiger partial charge in [0.25, 0.3) is 0 Å². The summed E-state index contributed by atoms with van der Waals surface area (Å²) in [5.41, 5.74) is -0.803. The van der Waals surface area contributed by atoms with Crippen molar-refractivity contribution in [1.29, 1.82) is 0 Å². The van der Waals surface area contributed by atoms with Gasteiger partial charge < -0.3 is 5.32 Å². The summed E-state index contributed by atoms with van der Waals surface area (Å²) >= 11 is 0. The van der Waals surface area contributed by atoms with E-state index in [1.54, 1.807) is 0 Å². The minimum absolute atomic E-state index is 0.126. The molecule has 1 aliphatic carbocycles. The highest BCUT2D eigenvalue weighted by molar-refractivity contribution is 5.48. The number of halogens is 4. The molecular formula is C14H17F4N. The van der Waals surface area contributed by atoms with E-state index >= 15 is 0 Å². The summed E-state index contributed by atoms with van der Waals surface area (Å²) in [5, 5.41) is 3.03. The van der Waals surface area contributed by atoms with Crippen LogP contribution in [0.3, 0.4) is 0 Å². The van der Waals surface area contributed by atoms with Gasteiger partial charge in [-0.2, -0.15) is 13.2 Å². The normalized spacial score (nSPS) is 27.6. The Kier molecular flexibility index (Phi) is 3.74. The topological polar surface area (TPSA) is 12.0 Å². The zero-order chi connectivity index (χ0) is 14.2. The maximum atomic E-state index is 13.7. The van der Waals surface area contributed by atoms with Crippen LogP contribution in [0.5, 0.6) is 0 Å². The van der Waals surface area contributed by atoms with Gasteiger partial charge in [-0.3, -0.25) is 0 Å². The summed E-state index contributed by atoms with van der Waals surface area (Å²) in [6, 6.07) is 2.76. The lowest BCUT2D eigenvalue weighted by molar-refractivity contribution is -0.137. The number of nitrogens with one attached hydrogen (secondary N) is 1. The molecule has 1 fully saturated rings. The van der Waals surface area contributed by atoms with E-state index in [0.717, 1.165) is 18.9 Å². The number of benzene rings is 1. The first-order valence-electron chi connectivity index (χ1n) is 6.42. The van der Waals surface area contributed by atoms with Crippen molar-refractivity contribution in [3.63, 3.8) is 0 Å². The third kappa shape index (κ3) is 3.01. The van der Waals surface area contributed by atoms with Gasteiger partial charge in [-0.1, -0.05) is 13.8 Å². The molecule has 0 amide bonds. The van der Waals surface area contributed by atoms with Crippen LogP contribution in [0.4, 0.5) is 23.2 Å². The molecule has 106 valence electrons. The lowest BCUT2D eigenvalue weighted by atomic mass is 9.97. The zero-order valence-corrected chi connectivity index (χ0v) is 10.9. The Morgan fingerprint density at radius 3 is 2.32 bits per heavy atom. The molecule has 3 atom stereocenters. The maximum Gasteiger partial charge on any atom is 0.416 e. The van der Waals surface area contributed by atoms with Gasteiger partial charge in [-0.15, -0.1) is 0 Å². The first-order valence-corrected chi connectivity index (χ1v) is 6.42. The van der Waals surface area contributed by atoms with Crippen molar-refractivity contribution in [2.45, 2.75) is 38.9 Å². The molecule has 1 aliphatic rings. The first-order chi connectivity index (χ1) is 8.79. The molecule has 3 unspecified atom stereocenters. The number of hydrogen-bond acceptors (Lipinski definition) is 1. The van der Waals surface area contributed by atoms with Crippen LogP contribution < -0.4 is 5.32 Å². The van der Waals surface area contributed by atoms with Crippen LogP contribution in [0.1, 0.15) is 32.3 Å². The van der Waals surface area contributed by atoms with E-state index in [0.29, 0.717) is 17.9 Å². The predicted molar refractivity (Wildman–Crippen MR) is 66.4 cm³/mol. The quantitative estimate of drug-likeness (QED) is 0.772. The Bertz CT molecular complexity index is 455. The van der Waals surface area contributed by atoms with Crippen molar-refractivity contribution >= 4 is 5.69 Å². The third-order valence-electron chi connectivity index (χ3n) is 4.10. The highest BCUT2D eigenvalue weighted by atomic mass is 19.4. The number of anilines is 1. The number of rotatable bonds is 2. The summed E-state index contributed by atoms with van der Waals surface area (Å²) in [4.78, 5) is 0. The molecule has 0 saturated heterocycles. The molecule has 0 aromatic heterocycles. The standard InChI is InChI=1S/C14H17F4N/c1-8-3-5-12(9(8)2)19-13-6-4-10(7-11(13)15)14(16,17)18/h4,6-9,12,19H,3,5H2,1-2H3. The summed E-state index contributed by atoms with van der Waals surface area (Å²) in [5.74, 6) is 0.0956. The molecule has 2 rings (SSSR count). The van der Waals surface area contributed by atoms with Crippen molar-refractivity contribution in [1.82, 2.24) is 0 Å². The second-order valence-corrected chi connectivity index (χ2v) is 5.36. The molecule has 1 N–H and O–H groups in total. The van der Waals surface area contributed by atoms with Crippen LogP contribution in [0.25, 0.3) is 0 Å². The highest BCUT2D eigenvalue weighted by Crippen LogP contribution is 2.35. The van der Waals surface area contributed by atoms with Gasteiger partial charge in [-0.25, -0.2) is 4.39 Å². The monoisotopic (exact) mass is 275 g/mol. The molecule has 5 heteroatoms. The molecule has 0 heterocycles. The fourth-order valence-corrected chi connectivity index (χ4v) is 2.58. The largest absolute Gasteiger partial charge is 0.416 e. The van der Waals surface area contributed by atoms with Gasteiger partial charge >= 0.3 is 6.18 Å². The molecule has 0 bridgehead atoms. The molecule has 1 aromatic carbocycles. The van der Waals surface area contributed by atoms with Crippen LogP contribution in [-0.4, -0.2) is 6.04 Å². The van der Waals surface area contributed by atoms with Gasteiger partial charge in [0.2, 0.25) is 0 Å². The number of alkyl halides is 3. The summed E-state index contributed by atoms with van der Waals surface area (Å²) in [6.45, 7) is 4.22. The molecule has 1 aromatic rings. The van der Waals surface area contributed by atoms with Gasteiger partial charge in [-0.05, 0) is 42.9 Å². The van der Waals surface area contributed by atoms with Gasteiger partial charge in [0, 0.05) is 6.04 Å². The number of hydrogen-bond donors (Lipinski definition) is 1. The van der Waals surface area contributed by atoms with Crippen LogP contribution in [-0.2, 0) is 6.18 Å². The molecule has 1 nitrogen and oxygen atoms in total. The maximum absolute atomic E-state index is 13.7. The Morgan fingerprint density at radius 1 is 1.16 bits per heavy atom. The van der Waals surface area contributed by atoms with E-state index < -0.39 is 17.6 Å². The Balaban J connectivity index is 2.14. The van der Waals surface area contributed by atoms with Crippen LogP contribution >= 0.6 is 0 Å². The second kappa shape index (κ2) is 5.02. The van der Waals surface area contributed by atoms with E-state index in [1.807, 2.05) is 0 Å². The SMILES string of the molecule is CC1CCC(Nc2ccc(C(F)(F)F)cc2F)C1C. The fraction of sp³-hybridized carbons (Fsp3) is 0.571. The van der Waals surface area contributed by atoms with E-state index in [2.05, 4.69) is 19.2 Å². The van der Waals surface area contributed by atoms with Crippen molar-refractivity contribution in [3.8, 4) is 0 Å². The lowest BCUT2D eigenvalue weighted by Crippen LogP contribution is -2.24. The highest BCUT2D eigenvalue weighted by Gasteiger charge is 2.32. The third-order valence-corrected chi connectivity index (χ3v) is 4.10. The molecule has 0 spiro atoms. The smallest absolute Gasteiger partial charge is 0.380 e. The van der Waals surface area contributed by atoms with Crippen molar-refractivity contribution in [2.75, 3.05) is 5.32 Å². The fourth-order valence-electron chi connectivity index (χ4n) is 2.58. The lowest BCUT2D eigenvalue weighted by Gasteiger charge is -2.21.